The van der Waals surface area contributed by atoms with Crippen LogP contribution in [0, 0.1) is 10.1 Å². The molecule has 0 spiro atoms. The second kappa shape index (κ2) is 5.38. The van der Waals surface area contributed by atoms with Gasteiger partial charge in [-0.1, -0.05) is 12.1 Å². The molecule has 0 aliphatic rings. The summed E-state index contributed by atoms with van der Waals surface area (Å²) in [5.41, 5.74) is 0.596. The molecule has 0 radical (unpaired) electrons. The summed E-state index contributed by atoms with van der Waals surface area (Å²) >= 11 is 0. The van der Waals surface area contributed by atoms with Crippen LogP contribution < -0.4 is 0 Å². The first-order chi connectivity index (χ1) is 9.10. The van der Waals surface area contributed by atoms with E-state index in [2.05, 4.69) is 10.1 Å². The molecule has 7 heteroatoms. The molecule has 0 bridgehead atoms. The number of non-ortho nitro benzene ring substituents is 1. The molecule has 0 N–H and O–H groups in total. The Hall–Kier alpha value is -2.57. The lowest BCUT2D eigenvalue weighted by atomic mass is 10.2. The molecule has 0 aliphatic carbocycles. The number of nitro groups is 1. The standard InChI is InChI=1S/C12H11N3O4/c1-2-10(16)7-11-13-12(14-19-11)8-3-5-9(6-4-8)15(17)18/h3-6H,2,7H2,1H3. The van der Waals surface area contributed by atoms with Crippen molar-refractivity contribution in [2.75, 3.05) is 0 Å². The van der Waals surface area contributed by atoms with E-state index in [9.17, 15) is 14.9 Å². The van der Waals surface area contributed by atoms with Gasteiger partial charge < -0.3 is 4.52 Å². The average molecular weight is 261 g/mol. The van der Waals surface area contributed by atoms with E-state index in [1.54, 1.807) is 6.92 Å². The quantitative estimate of drug-likeness (QED) is 0.604. The van der Waals surface area contributed by atoms with Crippen molar-refractivity contribution >= 4 is 11.5 Å². The van der Waals surface area contributed by atoms with Crippen LogP contribution >= 0.6 is 0 Å². The first-order valence-electron chi connectivity index (χ1n) is 5.69. The SMILES string of the molecule is CCC(=O)Cc1nc(-c2ccc([N+](=O)[O-])cc2)no1. The van der Waals surface area contributed by atoms with E-state index in [4.69, 9.17) is 4.52 Å². The number of hydrogen-bond acceptors (Lipinski definition) is 6. The molecular formula is C12H11N3O4. The molecule has 0 amide bonds. The molecule has 2 aromatic rings. The highest BCUT2D eigenvalue weighted by Crippen LogP contribution is 2.19. The molecule has 0 fully saturated rings. The largest absolute Gasteiger partial charge is 0.339 e. The Kier molecular flexibility index (Phi) is 3.65. The van der Waals surface area contributed by atoms with E-state index >= 15 is 0 Å². The predicted octanol–water partition coefficient (Wildman–Crippen LogP) is 2.17. The molecule has 0 saturated heterocycles. The van der Waals surface area contributed by atoms with Gasteiger partial charge in [0.15, 0.2) is 0 Å². The highest BCUT2D eigenvalue weighted by atomic mass is 16.6. The van der Waals surface area contributed by atoms with Crippen LogP contribution in [0.5, 0.6) is 0 Å². The molecular weight excluding hydrogens is 250 g/mol. The number of ketones is 1. The van der Waals surface area contributed by atoms with Gasteiger partial charge in [0.25, 0.3) is 5.69 Å². The summed E-state index contributed by atoms with van der Waals surface area (Å²) in [5.74, 6) is 0.577. The summed E-state index contributed by atoms with van der Waals surface area (Å²) in [6, 6.07) is 5.80. The van der Waals surface area contributed by atoms with Crippen molar-refractivity contribution in [2.24, 2.45) is 0 Å². The fraction of sp³-hybridized carbons (Fsp3) is 0.250. The first kappa shape index (κ1) is 12.9. The van der Waals surface area contributed by atoms with E-state index < -0.39 is 4.92 Å². The maximum absolute atomic E-state index is 11.2. The fourth-order valence-electron chi connectivity index (χ4n) is 1.47. The van der Waals surface area contributed by atoms with Crippen LogP contribution in [-0.4, -0.2) is 20.8 Å². The minimum absolute atomic E-state index is 0.00590. The number of nitro benzene ring substituents is 1. The molecule has 1 aromatic carbocycles. The van der Waals surface area contributed by atoms with Crippen molar-refractivity contribution in [3.8, 4) is 11.4 Å². The Morgan fingerprint density at radius 2 is 2.05 bits per heavy atom. The number of Topliss-reactive ketones (excluding diaryl/α,β-unsaturated/α-hetero) is 1. The van der Waals surface area contributed by atoms with Crippen molar-refractivity contribution in [1.82, 2.24) is 10.1 Å². The minimum atomic E-state index is -0.481. The predicted molar refractivity (Wildman–Crippen MR) is 65.4 cm³/mol. The lowest BCUT2D eigenvalue weighted by molar-refractivity contribution is -0.384. The fourth-order valence-corrected chi connectivity index (χ4v) is 1.47. The Labute approximate surface area is 108 Å². The van der Waals surface area contributed by atoms with E-state index in [0.717, 1.165) is 0 Å². The van der Waals surface area contributed by atoms with E-state index in [0.29, 0.717) is 17.8 Å². The Morgan fingerprint density at radius 1 is 1.37 bits per heavy atom. The van der Waals surface area contributed by atoms with Gasteiger partial charge in [-0.2, -0.15) is 4.98 Å². The minimum Gasteiger partial charge on any atom is -0.339 e. The van der Waals surface area contributed by atoms with E-state index in [-0.39, 0.29) is 23.8 Å². The maximum atomic E-state index is 11.2. The van der Waals surface area contributed by atoms with Gasteiger partial charge in [0.2, 0.25) is 11.7 Å². The monoisotopic (exact) mass is 261 g/mol. The molecule has 19 heavy (non-hydrogen) atoms. The smallest absolute Gasteiger partial charge is 0.269 e. The van der Waals surface area contributed by atoms with Crippen molar-refractivity contribution in [3.63, 3.8) is 0 Å². The third kappa shape index (κ3) is 3.01. The number of carbonyl (C=O) groups is 1. The van der Waals surface area contributed by atoms with Crippen LogP contribution in [0.25, 0.3) is 11.4 Å². The highest BCUT2D eigenvalue weighted by molar-refractivity contribution is 5.79. The van der Waals surface area contributed by atoms with Crippen LogP contribution in [0.15, 0.2) is 28.8 Å². The van der Waals surface area contributed by atoms with Crippen LogP contribution in [-0.2, 0) is 11.2 Å². The number of nitrogens with zero attached hydrogens (tertiary/aromatic N) is 3. The zero-order valence-corrected chi connectivity index (χ0v) is 10.2. The zero-order chi connectivity index (χ0) is 13.8. The van der Waals surface area contributed by atoms with Crippen molar-refractivity contribution in [2.45, 2.75) is 19.8 Å². The molecule has 2 rings (SSSR count). The van der Waals surface area contributed by atoms with Gasteiger partial charge in [0.1, 0.15) is 5.78 Å². The lowest BCUT2D eigenvalue weighted by Crippen LogP contribution is -2.00. The molecule has 0 atom stereocenters. The molecule has 1 heterocycles. The Bertz CT molecular complexity index is 604. The van der Waals surface area contributed by atoms with Gasteiger partial charge >= 0.3 is 0 Å². The highest BCUT2D eigenvalue weighted by Gasteiger charge is 2.12. The molecule has 7 nitrogen and oxygen atoms in total. The summed E-state index contributed by atoms with van der Waals surface area (Å²) in [7, 11) is 0. The average Bonchev–Trinajstić information content (AvgIpc) is 2.87. The van der Waals surface area contributed by atoms with Crippen molar-refractivity contribution < 1.29 is 14.2 Å². The van der Waals surface area contributed by atoms with Crippen LogP contribution in [0.3, 0.4) is 0 Å². The molecule has 0 aliphatic heterocycles. The van der Waals surface area contributed by atoms with Crippen molar-refractivity contribution in [3.05, 3.63) is 40.3 Å². The topological polar surface area (TPSA) is 99.1 Å². The van der Waals surface area contributed by atoms with Gasteiger partial charge in [-0.05, 0) is 12.1 Å². The van der Waals surface area contributed by atoms with E-state index in [1.165, 1.54) is 24.3 Å². The normalized spacial score (nSPS) is 10.4. The molecule has 0 saturated carbocycles. The lowest BCUT2D eigenvalue weighted by Gasteiger charge is -1.93. The van der Waals surface area contributed by atoms with Gasteiger partial charge in [-0.25, -0.2) is 0 Å². The Morgan fingerprint density at radius 3 is 2.63 bits per heavy atom. The second-order valence-electron chi connectivity index (χ2n) is 3.88. The van der Waals surface area contributed by atoms with Gasteiger partial charge in [0.05, 0.1) is 11.3 Å². The Balaban J connectivity index is 2.18. The van der Waals surface area contributed by atoms with Gasteiger partial charge in [0, 0.05) is 24.1 Å². The zero-order valence-electron chi connectivity index (χ0n) is 10.2. The van der Waals surface area contributed by atoms with E-state index in [1.807, 2.05) is 0 Å². The van der Waals surface area contributed by atoms with Crippen LogP contribution in [0.2, 0.25) is 0 Å². The second-order valence-corrected chi connectivity index (χ2v) is 3.88. The number of benzene rings is 1. The summed E-state index contributed by atoms with van der Waals surface area (Å²) in [6.45, 7) is 1.76. The number of rotatable bonds is 5. The number of carbonyl (C=O) groups excluding carboxylic acids is 1. The van der Waals surface area contributed by atoms with Gasteiger partial charge in [-0.3, -0.25) is 14.9 Å². The molecule has 98 valence electrons. The van der Waals surface area contributed by atoms with Crippen molar-refractivity contribution in [1.29, 1.82) is 0 Å². The summed E-state index contributed by atoms with van der Waals surface area (Å²) in [6.07, 6.45) is 0.520. The van der Waals surface area contributed by atoms with Gasteiger partial charge in [-0.15, -0.1) is 0 Å². The molecule has 0 unspecified atom stereocenters. The molecule has 1 aromatic heterocycles. The summed E-state index contributed by atoms with van der Waals surface area (Å²) in [5, 5.41) is 14.3. The number of aromatic nitrogens is 2. The van der Waals surface area contributed by atoms with Crippen LogP contribution in [0.1, 0.15) is 19.2 Å². The first-order valence-corrected chi connectivity index (χ1v) is 5.69. The summed E-state index contributed by atoms with van der Waals surface area (Å²) < 4.78 is 4.95. The third-order valence-electron chi connectivity index (χ3n) is 2.55. The summed E-state index contributed by atoms with van der Waals surface area (Å²) in [4.78, 5) is 25.4. The van der Waals surface area contributed by atoms with Crippen LogP contribution in [0.4, 0.5) is 5.69 Å². The third-order valence-corrected chi connectivity index (χ3v) is 2.55. The maximum Gasteiger partial charge on any atom is 0.269 e. The number of hydrogen-bond donors (Lipinski definition) is 0.